The highest BCUT2D eigenvalue weighted by Gasteiger charge is 2.58. The Labute approximate surface area is 197 Å². The van der Waals surface area contributed by atoms with Crippen molar-refractivity contribution in [2.45, 2.75) is 58.3 Å². The number of fused-ring (bicyclic) bond motifs is 4. The van der Waals surface area contributed by atoms with Crippen LogP contribution < -0.4 is 5.56 Å². The van der Waals surface area contributed by atoms with Crippen molar-refractivity contribution < 1.29 is 19.8 Å². The summed E-state index contributed by atoms with van der Waals surface area (Å²) < 4.78 is 0. The number of hydrogen-bond acceptors (Lipinski definition) is 5. The van der Waals surface area contributed by atoms with Gasteiger partial charge in [-0.3, -0.25) is 14.4 Å². The zero-order chi connectivity index (χ0) is 24.4. The Morgan fingerprint density at radius 2 is 1.82 bits per heavy atom. The zero-order valence-electron chi connectivity index (χ0n) is 19.7. The maximum atomic E-state index is 13.6. The van der Waals surface area contributed by atoms with E-state index in [0.29, 0.717) is 35.6 Å². The number of carbonyl (C=O) groups is 2. The minimum absolute atomic E-state index is 0.00313. The third-order valence-corrected chi connectivity index (χ3v) is 7.97. The number of rotatable bonds is 4. The maximum Gasteiger partial charge on any atom is 0.259 e. The number of nitrogens with one attached hydrogen (secondary N) is 1. The number of H-pyrrole nitrogens is 1. The molecular weight excluding hydrogens is 430 g/mol. The number of phenolic OH excluding ortho intramolecular Hbond substituents is 2. The van der Waals surface area contributed by atoms with E-state index >= 15 is 0 Å². The number of carbonyl (C=O) groups excluding carboxylic acids is 2. The summed E-state index contributed by atoms with van der Waals surface area (Å²) in [5.74, 6) is -0.410. The van der Waals surface area contributed by atoms with E-state index in [-0.39, 0.29) is 40.0 Å². The highest BCUT2D eigenvalue weighted by Crippen LogP contribution is 2.52. The molecule has 3 aromatic rings. The van der Waals surface area contributed by atoms with E-state index in [1.54, 1.807) is 0 Å². The fourth-order valence-corrected chi connectivity index (χ4v) is 5.69. The van der Waals surface area contributed by atoms with Crippen LogP contribution in [0.5, 0.6) is 11.5 Å². The van der Waals surface area contributed by atoms with Crippen molar-refractivity contribution >= 4 is 22.3 Å². The Morgan fingerprint density at radius 3 is 2.53 bits per heavy atom. The van der Waals surface area contributed by atoms with Crippen LogP contribution in [0.2, 0.25) is 0 Å². The number of phenols is 2. The van der Waals surface area contributed by atoms with Gasteiger partial charge in [0.25, 0.3) is 5.56 Å². The largest absolute Gasteiger partial charge is 0.507 e. The van der Waals surface area contributed by atoms with Gasteiger partial charge in [0.1, 0.15) is 16.9 Å². The van der Waals surface area contributed by atoms with Gasteiger partial charge < -0.3 is 15.2 Å². The first-order chi connectivity index (χ1) is 16.2. The molecule has 0 aliphatic heterocycles. The lowest BCUT2D eigenvalue weighted by molar-refractivity contribution is 0.0770. The fraction of sp³-hybridized carbons (Fsp3) is 0.393. The van der Waals surface area contributed by atoms with Crippen molar-refractivity contribution in [3.8, 4) is 11.5 Å². The molecule has 2 unspecified atom stereocenters. The summed E-state index contributed by atoms with van der Waals surface area (Å²) in [5.41, 5.74) is -0.125. The Balaban J connectivity index is 1.67. The first kappa shape index (κ1) is 22.4. The van der Waals surface area contributed by atoms with Crippen molar-refractivity contribution in [1.82, 2.24) is 4.98 Å². The van der Waals surface area contributed by atoms with E-state index in [4.69, 9.17) is 0 Å². The molecule has 34 heavy (non-hydrogen) atoms. The number of ketones is 2. The predicted molar refractivity (Wildman–Crippen MR) is 130 cm³/mol. The minimum atomic E-state index is -1.61. The van der Waals surface area contributed by atoms with Crippen molar-refractivity contribution in [2.75, 3.05) is 0 Å². The van der Waals surface area contributed by atoms with Gasteiger partial charge in [-0.25, -0.2) is 0 Å². The third-order valence-electron chi connectivity index (χ3n) is 7.97. The number of aromatic hydroxyl groups is 2. The highest BCUT2D eigenvalue weighted by atomic mass is 16.3. The van der Waals surface area contributed by atoms with Gasteiger partial charge in [0.15, 0.2) is 11.6 Å². The molecule has 0 fully saturated rings. The molecule has 6 nitrogen and oxygen atoms in total. The van der Waals surface area contributed by atoms with Crippen LogP contribution in [0.4, 0.5) is 0 Å². The molecular formula is C28H29NO5. The van der Waals surface area contributed by atoms with Gasteiger partial charge in [-0.1, -0.05) is 39.0 Å². The van der Waals surface area contributed by atoms with Crippen LogP contribution in [0.15, 0.2) is 35.1 Å². The van der Waals surface area contributed by atoms with Gasteiger partial charge in [0, 0.05) is 16.8 Å². The number of aromatic nitrogens is 1. The molecule has 2 atom stereocenters. The fourth-order valence-electron chi connectivity index (χ4n) is 5.69. The zero-order valence-corrected chi connectivity index (χ0v) is 19.7. The van der Waals surface area contributed by atoms with Gasteiger partial charge in [-0.15, -0.1) is 0 Å². The molecule has 0 amide bonds. The Morgan fingerprint density at radius 1 is 1.06 bits per heavy atom. The maximum absolute atomic E-state index is 13.6. The first-order valence-corrected chi connectivity index (χ1v) is 12.0. The molecule has 0 saturated carbocycles. The molecule has 3 N–H and O–H groups in total. The number of hydrogen-bond donors (Lipinski definition) is 3. The summed E-state index contributed by atoms with van der Waals surface area (Å²) in [6.07, 6.45) is 3.07. The van der Waals surface area contributed by atoms with Crippen LogP contribution in [0.3, 0.4) is 0 Å². The quantitative estimate of drug-likeness (QED) is 0.485. The van der Waals surface area contributed by atoms with Crippen molar-refractivity contribution in [1.29, 1.82) is 0 Å². The predicted octanol–water partition coefficient (Wildman–Crippen LogP) is 4.82. The van der Waals surface area contributed by atoms with E-state index in [1.807, 2.05) is 12.1 Å². The van der Waals surface area contributed by atoms with Crippen molar-refractivity contribution in [2.24, 2.45) is 11.8 Å². The van der Waals surface area contributed by atoms with Crippen molar-refractivity contribution in [3.05, 3.63) is 68.6 Å². The number of aromatic amines is 1. The third kappa shape index (κ3) is 3.04. The second kappa shape index (κ2) is 7.83. The lowest BCUT2D eigenvalue weighted by atomic mass is 9.66. The monoisotopic (exact) mass is 459 g/mol. The summed E-state index contributed by atoms with van der Waals surface area (Å²) in [6.45, 7) is 6.55. The smallest absolute Gasteiger partial charge is 0.259 e. The van der Waals surface area contributed by atoms with Crippen molar-refractivity contribution in [3.63, 3.8) is 0 Å². The van der Waals surface area contributed by atoms with Crippen LogP contribution in [0.1, 0.15) is 77.6 Å². The molecule has 1 spiro atoms. The van der Waals surface area contributed by atoms with E-state index in [2.05, 4.69) is 25.8 Å². The van der Waals surface area contributed by atoms with Crippen LogP contribution >= 0.6 is 0 Å². The molecule has 176 valence electrons. The summed E-state index contributed by atoms with van der Waals surface area (Å²) in [7, 11) is 0. The average Bonchev–Trinajstić information content (AvgIpc) is 3.00. The van der Waals surface area contributed by atoms with Gasteiger partial charge in [-0.05, 0) is 67.0 Å². The molecule has 1 heterocycles. The molecule has 5 rings (SSSR count). The Bertz CT molecular complexity index is 1420. The summed E-state index contributed by atoms with van der Waals surface area (Å²) in [4.78, 5) is 43.2. The van der Waals surface area contributed by atoms with E-state index < -0.39 is 22.5 Å². The summed E-state index contributed by atoms with van der Waals surface area (Å²) in [6, 6.07) is 8.20. The van der Waals surface area contributed by atoms with E-state index in [1.165, 1.54) is 18.2 Å². The van der Waals surface area contributed by atoms with Crippen LogP contribution in [0, 0.1) is 11.8 Å². The van der Waals surface area contributed by atoms with Gasteiger partial charge in [0.05, 0.1) is 10.9 Å². The average molecular weight is 460 g/mol. The molecule has 2 aromatic carbocycles. The minimum Gasteiger partial charge on any atom is -0.507 e. The normalized spacial score (nSPS) is 20.2. The lowest BCUT2D eigenvalue weighted by Crippen LogP contribution is -2.41. The molecule has 1 aromatic heterocycles. The second-order valence-corrected chi connectivity index (χ2v) is 10.2. The number of benzene rings is 2. The molecule has 6 heteroatoms. The van der Waals surface area contributed by atoms with Gasteiger partial charge >= 0.3 is 0 Å². The molecule has 2 aliphatic carbocycles. The molecule has 0 radical (unpaired) electrons. The summed E-state index contributed by atoms with van der Waals surface area (Å²) in [5, 5.41) is 22.4. The SMILES string of the molecule is CC(C)C(C)CCc1cc2cc3c(c(O)c2c(=O)[nH]1)C1(CCC3)C(=O)c2cccc(O)c2C1=O. The molecule has 0 saturated heterocycles. The summed E-state index contributed by atoms with van der Waals surface area (Å²) >= 11 is 0. The van der Waals surface area contributed by atoms with E-state index in [9.17, 15) is 24.6 Å². The number of aryl methyl sites for hydroxylation is 2. The molecule has 2 aliphatic rings. The van der Waals surface area contributed by atoms with Crippen LogP contribution in [-0.2, 0) is 18.3 Å². The van der Waals surface area contributed by atoms with Crippen LogP contribution in [-0.4, -0.2) is 26.8 Å². The van der Waals surface area contributed by atoms with E-state index in [0.717, 1.165) is 18.5 Å². The van der Waals surface area contributed by atoms with Crippen LogP contribution in [0.25, 0.3) is 10.8 Å². The first-order valence-electron chi connectivity index (χ1n) is 12.0. The second-order valence-electron chi connectivity index (χ2n) is 10.2. The Hall–Kier alpha value is -3.41. The standard InChI is InChI=1S/C28H29NO5/c1-14(2)15(3)9-10-18-13-17-12-16-6-5-11-28(23(16)24(31)21(17)27(34)29-18)25(32)19-7-4-8-20(30)22(19)26(28)33/h4,7-8,12-15,30-31H,5-6,9-11H2,1-3H3,(H,29,34). The highest BCUT2D eigenvalue weighted by molar-refractivity contribution is 6.34. The number of Topliss-reactive ketones (excluding diaryl/α,β-unsaturated/α-hetero) is 2. The van der Waals surface area contributed by atoms with Gasteiger partial charge in [-0.2, -0.15) is 0 Å². The topological polar surface area (TPSA) is 107 Å². The van der Waals surface area contributed by atoms with Gasteiger partial charge in [0.2, 0.25) is 0 Å². The number of pyridine rings is 1. The molecule has 0 bridgehead atoms. The lowest BCUT2D eigenvalue weighted by Gasteiger charge is -2.34. The Kier molecular flexibility index (Phi) is 5.15.